The van der Waals surface area contributed by atoms with Gasteiger partial charge in [-0.15, -0.1) is 0 Å². The molecule has 1 saturated heterocycles. The second kappa shape index (κ2) is 6.66. The number of ketones is 2. The summed E-state index contributed by atoms with van der Waals surface area (Å²) in [6, 6.07) is 0. The van der Waals surface area contributed by atoms with Crippen molar-refractivity contribution < 1.29 is 29.0 Å². The van der Waals surface area contributed by atoms with Gasteiger partial charge in [-0.25, -0.2) is 0 Å². The summed E-state index contributed by atoms with van der Waals surface area (Å²) in [6.45, 7) is 11.0. The molecule has 6 nitrogen and oxygen atoms in total. The number of ether oxygens (including phenoxy) is 2. The van der Waals surface area contributed by atoms with E-state index in [1.807, 2.05) is 19.9 Å². The number of carbonyl (C=O) groups excluding carboxylic acids is 3. The van der Waals surface area contributed by atoms with Gasteiger partial charge in [0, 0.05) is 17.3 Å². The van der Waals surface area contributed by atoms with Crippen molar-refractivity contribution in [3.05, 3.63) is 23.8 Å². The van der Waals surface area contributed by atoms with Crippen LogP contribution >= 0.6 is 0 Å². The Morgan fingerprint density at radius 2 is 1.94 bits per heavy atom. The predicted molar refractivity (Wildman–Crippen MR) is 121 cm³/mol. The lowest BCUT2D eigenvalue weighted by molar-refractivity contribution is -0.173. The monoisotopic (exact) mass is 456 g/mol. The third-order valence-corrected chi connectivity index (χ3v) is 9.85. The molecule has 0 radical (unpaired) electrons. The quantitative estimate of drug-likeness (QED) is 0.397. The fraction of sp³-hybridized carbons (Fsp3) is 0.741. The van der Waals surface area contributed by atoms with Crippen LogP contribution in [0.5, 0.6) is 0 Å². The van der Waals surface area contributed by atoms with Crippen molar-refractivity contribution in [2.45, 2.75) is 84.5 Å². The summed E-state index contributed by atoms with van der Waals surface area (Å²) in [4.78, 5) is 37.8. The average Bonchev–Trinajstić information content (AvgIpc) is 3.41. The molecule has 1 spiro atoms. The van der Waals surface area contributed by atoms with Gasteiger partial charge >= 0.3 is 5.97 Å². The van der Waals surface area contributed by atoms with E-state index in [-0.39, 0.29) is 40.7 Å². The number of esters is 1. The standard InChI is InChI=1S/C27H36O6/c1-15-11-19-18-8-7-16-12-17(28)9-10-24(16,5)27(18)21(33-27)13-25(19,6)26(15,31)20(29)14-32-22(30)23(2,3)4/h7,9-10,15,18-19,21,31H,8,11-14H2,1-6H3/t15-,18?,19?,21+,24+,25+,26+,27-/m1/s1. The lowest BCUT2D eigenvalue weighted by atomic mass is 9.47. The number of fused-ring (bicyclic) bond motifs is 3. The smallest absolute Gasteiger partial charge is 0.311 e. The molecule has 33 heavy (non-hydrogen) atoms. The van der Waals surface area contributed by atoms with Crippen molar-refractivity contribution in [3.8, 4) is 0 Å². The van der Waals surface area contributed by atoms with Gasteiger partial charge < -0.3 is 14.6 Å². The molecule has 1 aliphatic heterocycles. The van der Waals surface area contributed by atoms with Crippen LogP contribution in [0.1, 0.15) is 67.2 Å². The minimum absolute atomic E-state index is 0.0722. The lowest BCUT2D eigenvalue weighted by Gasteiger charge is -2.54. The molecule has 1 heterocycles. The topological polar surface area (TPSA) is 93.2 Å². The fourth-order valence-corrected chi connectivity index (χ4v) is 7.94. The normalized spacial score (nSPS) is 47.6. The first-order valence-electron chi connectivity index (χ1n) is 12.2. The van der Waals surface area contributed by atoms with Crippen LogP contribution in [0.2, 0.25) is 0 Å². The van der Waals surface area contributed by atoms with E-state index in [9.17, 15) is 19.5 Å². The van der Waals surface area contributed by atoms with Crippen molar-refractivity contribution in [2.24, 2.45) is 34.0 Å². The fourth-order valence-electron chi connectivity index (χ4n) is 7.94. The van der Waals surface area contributed by atoms with Crippen LogP contribution < -0.4 is 0 Å². The Balaban J connectivity index is 1.46. The number of rotatable bonds is 3. The molecule has 0 aromatic heterocycles. The molecule has 2 unspecified atom stereocenters. The Morgan fingerprint density at radius 1 is 1.24 bits per heavy atom. The zero-order chi connectivity index (χ0) is 24.2. The van der Waals surface area contributed by atoms with Crippen LogP contribution in [-0.4, -0.2) is 46.6 Å². The summed E-state index contributed by atoms with van der Waals surface area (Å²) in [5.41, 5.74) is -2.50. The lowest BCUT2D eigenvalue weighted by Crippen LogP contribution is -2.62. The maximum Gasteiger partial charge on any atom is 0.311 e. The van der Waals surface area contributed by atoms with Crippen molar-refractivity contribution in [1.29, 1.82) is 0 Å². The van der Waals surface area contributed by atoms with Crippen LogP contribution in [0.15, 0.2) is 23.8 Å². The molecule has 2 saturated carbocycles. The molecule has 0 aromatic carbocycles. The van der Waals surface area contributed by atoms with E-state index >= 15 is 0 Å². The van der Waals surface area contributed by atoms with E-state index < -0.39 is 34.8 Å². The van der Waals surface area contributed by atoms with Gasteiger partial charge in [0.15, 0.2) is 12.4 Å². The zero-order valence-electron chi connectivity index (χ0n) is 20.6. The Kier molecular flexibility index (Phi) is 4.64. The van der Waals surface area contributed by atoms with Gasteiger partial charge in [0.2, 0.25) is 5.78 Å². The maximum atomic E-state index is 13.4. The average molecular weight is 457 g/mol. The molecule has 6 heteroatoms. The molecular formula is C27H36O6. The van der Waals surface area contributed by atoms with Crippen molar-refractivity contribution in [1.82, 2.24) is 0 Å². The van der Waals surface area contributed by atoms with Gasteiger partial charge in [0.1, 0.15) is 11.2 Å². The number of hydrogen-bond donors (Lipinski definition) is 1. The van der Waals surface area contributed by atoms with Gasteiger partial charge in [-0.05, 0) is 70.8 Å². The largest absolute Gasteiger partial charge is 0.457 e. The van der Waals surface area contributed by atoms with Crippen LogP contribution in [0.3, 0.4) is 0 Å². The molecule has 1 N–H and O–H groups in total. The van der Waals surface area contributed by atoms with Gasteiger partial charge in [-0.3, -0.25) is 14.4 Å². The van der Waals surface area contributed by atoms with Gasteiger partial charge in [-0.1, -0.05) is 31.6 Å². The summed E-state index contributed by atoms with van der Waals surface area (Å²) in [7, 11) is 0. The van der Waals surface area contributed by atoms with E-state index in [1.165, 1.54) is 0 Å². The zero-order valence-corrected chi connectivity index (χ0v) is 20.6. The Morgan fingerprint density at radius 3 is 2.61 bits per heavy atom. The van der Waals surface area contributed by atoms with Crippen molar-refractivity contribution >= 4 is 17.5 Å². The second-order valence-electron chi connectivity index (χ2n) is 12.5. The Bertz CT molecular complexity index is 1000. The molecule has 0 aromatic rings. The van der Waals surface area contributed by atoms with E-state index in [2.05, 4.69) is 13.0 Å². The molecule has 8 atom stereocenters. The third kappa shape index (κ3) is 2.71. The summed E-state index contributed by atoms with van der Waals surface area (Å²) < 4.78 is 11.8. The number of aliphatic hydroxyl groups is 1. The minimum Gasteiger partial charge on any atom is -0.457 e. The van der Waals surface area contributed by atoms with Crippen LogP contribution in [0.4, 0.5) is 0 Å². The highest BCUT2D eigenvalue weighted by atomic mass is 16.6. The number of carbonyl (C=O) groups is 3. The van der Waals surface area contributed by atoms with E-state index in [4.69, 9.17) is 9.47 Å². The minimum atomic E-state index is -1.57. The Labute approximate surface area is 195 Å². The number of allylic oxidation sites excluding steroid dienone is 2. The maximum absolute atomic E-state index is 13.4. The van der Waals surface area contributed by atoms with Crippen molar-refractivity contribution in [2.75, 3.05) is 6.61 Å². The van der Waals surface area contributed by atoms with E-state index in [0.717, 1.165) is 18.4 Å². The molecule has 180 valence electrons. The summed E-state index contributed by atoms with van der Waals surface area (Å²) in [6.07, 6.45) is 8.39. The van der Waals surface area contributed by atoms with Crippen LogP contribution in [-0.2, 0) is 23.9 Å². The molecular weight excluding hydrogens is 420 g/mol. The van der Waals surface area contributed by atoms with Crippen LogP contribution in [0, 0.1) is 34.0 Å². The SMILES string of the molecule is C[C@@H]1CC2C3CC=C4CC(=O)C=C[C@]4(C)[C@@]34O[C@H]4C[C@]2(C)[C@@]1(O)C(=O)COC(=O)C(C)(C)C. The van der Waals surface area contributed by atoms with Gasteiger partial charge in [0.25, 0.3) is 0 Å². The molecule has 0 bridgehead atoms. The summed E-state index contributed by atoms with van der Waals surface area (Å²) in [5, 5.41) is 12.0. The summed E-state index contributed by atoms with van der Waals surface area (Å²) in [5.74, 6) is -0.715. The number of epoxide rings is 1. The molecule has 0 amide bonds. The molecule has 3 fully saturated rings. The molecule has 5 aliphatic rings. The summed E-state index contributed by atoms with van der Waals surface area (Å²) >= 11 is 0. The van der Waals surface area contributed by atoms with Gasteiger partial charge in [-0.2, -0.15) is 0 Å². The first-order valence-corrected chi connectivity index (χ1v) is 12.2. The highest BCUT2D eigenvalue weighted by Gasteiger charge is 2.81. The first-order chi connectivity index (χ1) is 15.2. The molecule has 5 rings (SSSR count). The highest BCUT2D eigenvalue weighted by Crippen LogP contribution is 2.76. The van der Waals surface area contributed by atoms with Crippen molar-refractivity contribution in [3.63, 3.8) is 0 Å². The highest BCUT2D eigenvalue weighted by molar-refractivity contribution is 5.94. The second-order valence-corrected chi connectivity index (χ2v) is 12.5. The molecule has 4 aliphatic carbocycles. The van der Waals surface area contributed by atoms with E-state index in [0.29, 0.717) is 12.8 Å². The Hall–Kier alpha value is -1.79. The predicted octanol–water partition coefficient (Wildman–Crippen LogP) is 3.56. The van der Waals surface area contributed by atoms with Gasteiger partial charge in [0.05, 0.1) is 11.5 Å². The number of Topliss-reactive ketones (excluding diaryl/α,β-unsaturated/α-hetero) is 1. The number of hydrogen-bond acceptors (Lipinski definition) is 6. The first kappa shape index (κ1) is 23.0. The third-order valence-electron chi connectivity index (χ3n) is 9.85. The van der Waals surface area contributed by atoms with E-state index in [1.54, 1.807) is 26.8 Å². The van der Waals surface area contributed by atoms with Crippen LogP contribution in [0.25, 0.3) is 0 Å².